The molecule has 1 fully saturated rings. The minimum atomic E-state index is -0.121. The molecule has 12 heavy (non-hydrogen) atoms. The van der Waals surface area contributed by atoms with E-state index >= 15 is 0 Å². The summed E-state index contributed by atoms with van der Waals surface area (Å²) in [5.41, 5.74) is -0.121. The lowest BCUT2D eigenvalue weighted by Crippen LogP contribution is -2.53. The summed E-state index contributed by atoms with van der Waals surface area (Å²) >= 11 is 0. The second-order valence-corrected chi connectivity index (χ2v) is 3.72. The SMILES string of the molecule is CC12C=CC=CC1CCC(=O)N2. The van der Waals surface area contributed by atoms with E-state index in [4.69, 9.17) is 0 Å². The van der Waals surface area contributed by atoms with Gasteiger partial charge in [-0.05, 0) is 13.3 Å². The van der Waals surface area contributed by atoms with Crippen molar-refractivity contribution < 1.29 is 4.79 Å². The molecule has 0 aromatic heterocycles. The van der Waals surface area contributed by atoms with Crippen LogP contribution < -0.4 is 5.32 Å². The second kappa shape index (κ2) is 2.47. The van der Waals surface area contributed by atoms with Gasteiger partial charge in [-0.3, -0.25) is 4.79 Å². The summed E-state index contributed by atoms with van der Waals surface area (Å²) in [4.78, 5) is 11.2. The molecule has 2 rings (SSSR count). The number of amides is 1. The Bertz CT molecular complexity index is 267. The zero-order chi connectivity index (χ0) is 8.60. The second-order valence-electron chi connectivity index (χ2n) is 3.72. The molecule has 2 atom stereocenters. The van der Waals surface area contributed by atoms with Crippen molar-refractivity contribution in [3.63, 3.8) is 0 Å². The van der Waals surface area contributed by atoms with Crippen molar-refractivity contribution in [1.29, 1.82) is 0 Å². The molecule has 1 N–H and O–H groups in total. The van der Waals surface area contributed by atoms with Gasteiger partial charge in [0.2, 0.25) is 5.91 Å². The van der Waals surface area contributed by atoms with Crippen LogP contribution in [0.1, 0.15) is 19.8 Å². The average Bonchev–Trinajstić information content (AvgIpc) is 2.02. The standard InChI is InChI=1S/C10H13NO/c1-10-7-3-2-4-8(10)5-6-9(12)11-10/h2-4,7-8H,5-6H2,1H3,(H,11,12). The predicted molar refractivity (Wildman–Crippen MR) is 47.6 cm³/mol. The van der Waals surface area contributed by atoms with E-state index in [2.05, 4.69) is 30.5 Å². The molecule has 1 aliphatic carbocycles. The lowest BCUT2D eigenvalue weighted by atomic mass is 9.77. The molecule has 2 nitrogen and oxygen atoms in total. The minimum Gasteiger partial charge on any atom is -0.347 e. The van der Waals surface area contributed by atoms with Gasteiger partial charge in [-0.2, -0.15) is 0 Å². The van der Waals surface area contributed by atoms with Crippen LogP contribution in [-0.4, -0.2) is 11.4 Å². The van der Waals surface area contributed by atoms with E-state index < -0.39 is 0 Å². The van der Waals surface area contributed by atoms with Crippen LogP contribution in [0.3, 0.4) is 0 Å². The van der Waals surface area contributed by atoms with E-state index in [1.807, 2.05) is 6.08 Å². The monoisotopic (exact) mass is 163 g/mol. The molecule has 2 heteroatoms. The topological polar surface area (TPSA) is 29.1 Å². The van der Waals surface area contributed by atoms with Gasteiger partial charge >= 0.3 is 0 Å². The highest BCUT2D eigenvalue weighted by Gasteiger charge is 2.36. The van der Waals surface area contributed by atoms with Crippen molar-refractivity contribution >= 4 is 5.91 Å². The van der Waals surface area contributed by atoms with E-state index in [9.17, 15) is 4.79 Å². The van der Waals surface area contributed by atoms with Crippen LogP contribution in [0, 0.1) is 5.92 Å². The van der Waals surface area contributed by atoms with Crippen LogP contribution in [0.25, 0.3) is 0 Å². The number of fused-ring (bicyclic) bond motifs is 1. The summed E-state index contributed by atoms with van der Waals surface area (Å²) in [6, 6.07) is 0. The highest BCUT2D eigenvalue weighted by molar-refractivity contribution is 5.78. The first-order valence-electron chi connectivity index (χ1n) is 4.38. The summed E-state index contributed by atoms with van der Waals surface area (Å²) in [5, 5.41) is 3.02. The van der Waals surface area contributed by atoms with Crippen molar-refractivity contribution in [3.8, 4) is 0 Å². The Morgan fingerprint density at radius 3 is 3.25 bits per heavy atom. The van der Waals surface area contributed by atoms with Crippen molar-refractivity contribution in [2.45, 2.75) is 25.3 Å². The molecule has 1 aliphatic heterocycles. The van der Waals surface area contributed by atoms with Gasteiger partial charge in [0.25, 0.3) is 0 Å². The minimum absolute atomic E-state index is 0.121. The predicted octanol–water partition coefficient (Wildman–Crippen LogP) is 1.40. The molecule has 2 unspecified atom stereocenters. The molecule has 0 spiro atoms. The number of carbonyl (C=O) groups is 1. The normalized spacial score (nSPS) is 39.1. The molecule has 0 bridgehead atoms. The molecule has 0 radical (unpaired) electrons. The molecule has 2 aliphatic rings. The van der Waals surface area contributed by atoms with Crippen molar-refractivity contribution in [2.24, 2.45) is 5.92 Å². The number of allylic oxidation sites excluding steroid dienone is 2. The molecule has 0 saturated carbocycles. The van der Waals surface area contributed by atoms with E-state index in [0.29, 0.717) is 12.3 Å². The van der Waals surface area contributed by atoms with Crippen LogP contribution in [0.15, 0.2) is 24.3 Å². The first-order valence-corrected chi connectivity index (χ1v) is 4.38. The summed E-state index contributed by atoms with van der Waals surface area (Å²) in [6.07, 6.45) is 9.96. The van der Waals surface area contributed by atoms with Gasteiger partial charge in [0, 0.05) is 12.3 Å². The van der Waals surface area contributed by atoms with Gasteiger partial charge in [-0.25, -0.2) is 0 Å². The highest BCUT2D eigenvalue weighted by atomic mass is 16.1. The molecule has 64 valence electrons. The number of carbonyl (C=O) groups excluding carboxylic acids is 1. The summed E-state index contributed by atoms with van der Waals surface area (Å²) in [7, 11) is 0. The zero-order valence-corrected chi connectivity index (χ0v) is 7.21. The van der Waals surface area contributed by atoms with Crippen LogP contribution in [0.4, 0.5) is 0 Å². The number of nitrogens with one attached hydrogen (secondary N) is 1. The molecule has 1 heterocycles. The first-order chi connectivity index (χ1) is 5.71. The molecule has 1 amide bonds. The maximum absolute atomic E-state index is 11.2. The smallest absolute Gasteiger partial charge is 0.220 e. The molecule has 0 aromatic carbocycles. The molecule has 1 saturated heterocycles. The van der Waals surface area contributed by atoms with Crippen molar-refractivity contribution in [3.05, 3.63) is 24.3 Å². The van der Waals surface area contributed by atoms with Gasteiger partial charge in [0.05, 0.1) is 5.54 Å². The van der Waals surface area contributed by atoms with Crippen LogP contribution in [0.5, 0.6) is 0 Å². The Kier molecular flexibility index (Phi) is 1.56. The lowest BCUT2D eigenvalue weighted by molar-refractivity contribution is -0.125. The van der Waals surface area contributed by atoms with E-state index in [-0.39, 0.29) is 11.4 Å². The molecular formula is C10H13NO. The Morgan fingerprint density at radius 1 is 1.58 bits per heavy atom. The molecular weight excluding hydrogens is 150 g/mol. The summed E-state index contributed by atoms with van der Waals surface area (Å²) < 4.78 is 0. The average molecular weight is 163 g/mol. The molecule has 0 aromatic rings. The van der Waals surface area contributed by atoms with Crippen LogP contribution in [-0.2, 0) is 4.79 Å². The van der Waals surface area contributed by atoms with E-state index in [1.54, 1.807) is 0 Å². The Balaban J connectivity index is 2.26. The third kappa shape index (κ3) is 1.07. The first kappa shape index (κ1) is 7.59. The van der Waals surface area contributed by atoms with Gasteiger partial charge < -0.3 is 5.32 Å². The fraction of sp³-hybridized carbons (Fsp3) is 0.500. The number of hydrogen-bond donors (Lipinski definition) is 1. The zero-order valence-electron chi connectivity index (χ0n) is 7.21. The largest absolute Gasteiger partial charge is 0.347 e. The Morgan fingerprint density at radius 2 is 2.42 bits per heavy atom. The number of hydrogen-bond acceptors (Lipinski definition) is 1. The summed E-state index contributed by atoms with van der Waals surface area (Å²) in [5.74, 6) is 0.661. The number of rotatable bonds is 0. The van der Waals surface area contributed by atoms with Gasteiger partial charge in [0.15, 0.2) is 0 Å². The number of piperidine rings is 1. The lowest BCUT2D eigenvalue weighted by Gasteiger charge is -2.39. The third-order valence-corrected chi connectivity index (χ3v) is 2.76. The Hall–Kier alpha value is -1.05. The van der Waals surface area contributed by atoms with Gasteiger partial charge in [-0.1, -0.05) is 24.3 Å². The van der Waals surface area contributed by atoms with Crippen molar-refractivity contribution in [1.82, 2.24) is 5.32 Å². The van der Waals surface area contributed by atoms with Crippen molar-refractivity contribution in [2.75, 3.05) is 0 Å². The van der Waals surface area contributed by atoms with E-state index in [1.165, 1.54) is 0 Å². The van der Waals surface area contributed by atoms with E-state index in [0.717, 1.165) is 6.42 Å². The fourth-order valence-electron chi connectivity index (χ4n) is 1.96. The Labute approximate surface area is 72.3 Å². The summed E-state index contributed by atoms with van der Waals surface area (Å²) in [6.45, 7) is 2.08. The quantitative estimate of drug-likeness (QED) is 0.574. The fourth-order valence-corrected chi connectivity index (χ4v) is 1.96. The highest BCUT2D eigenvalue weighted by Crippen LogP contribution is 2.31. The van der Waals surface area contributed by atoms with Gasteiger partial charge in [0.1, 0.15) is 0 Å². The van der Waals surface area contributed by atoms with Crippen LogP contribution >= 0.6 is 0 Å². The van der Waals surface area contributed by atoms with Crippen LogP contribution in [0.2, 0.25) is 0 Å². The third-order valence-electron chi connectivity index (χ3n) is 2.76. The maximum Gasteiger partial charge on any atom is 0.220 e. The maximum atomic E-state index is 11.2. The van der Waals surface area contributed by atoms with Gasteiger partial charge in [-0.15, -0.1) is 0 Å².